The van der Waals surface area contributed by atoms with E-state index in [0.717, 1.165) is 28.0 Å². The molecule has 0 bridgehead atoms. The van der Waals surface area contributed by atoms with E-state index in [2.05, 4.69) is 0 Å². The van der Waals surface area contributed by atoms with Crippen molar-refractivity contribution in [2.45, 2.75) is 45.3 Å². The average molecular weight is 526 g/mol. The van der Waals surface area contributed by atoms with Crippen molar-refractivity contribution in [3.05, 3.63) is 68.9 Å². The molecule has 3 N–H and O–H groups in total. The van der Waals surface area contributed by atoms with Crippen LogP contribution in [0.25, 0.3) is 6.08 Å². The topological polar surface area (TPSA) is 107 Å². The lowest BCUT2D eigenvalue weighted by Crippen LogP contribution is -2.39. The van der Waals surface area contributed by atoms with Gasteiger partial charge in [-0.3, -0.25) is 14.5 Å². The molecule has 1 saturated heterocycles. The highest BCUT2D eigenvalue weighted by atomic mass is 32.1. The minimum atomic E-state index is -0.892. The average Bonchev–Trinajstić information content (AvgIpc) is 3.49. The number of methoxy groups -OCH3 is 1. The van der Waals surface area contributed by atoms with Crippen LogP contribution in [-0.2, 0) is 20.9 Å². The van der Waals surface area contributed by atoms with Gasteiger partial charge in [-0.25, -0.2) is 0 Å². The molecule has 8 heteroatoms. The van der Waals surface area contributed by atoms with Gasteiger partial charge in [0.05, 0.1) is 37.7 Å². The smallest absolute Gasteiger partial charge is 0.234 e. The standard InChI is InChI=1S/C29H35NO6S/c1-3-18(13-19-7-4-5-9-24(19)32)10-11-25(33)26-20(17-36-2)14-22-27(23(26)16-31)29(35)30(28(22)34)15-21-8-6-12-37-21/h4-9,12-13,22-23,25,27,31-33H,3,10-11,14-17H2,1-2H3/b18-13+/t22-,23+,25-,27-/m1/s1. The Kier molecular flexibility index (Phi) is 8.97. The number of rotatable bonds is 11. The number of fused-ring (bicyclic) bond motifs is 1. The molecule has 4 rings (SSSR count). The summed E-state index contributed by atoms with van der Waals surface area (Å²) in [5, 5.41) is 33.8. The molecule has 1 fully saturated rings. The van der Waals surface area contributed by atoms with Gasteiger partial charge in [0, 0.05) is 23.5 Å². The fraction of sp³-hybridized carbons (Fsp3) is 0.448. The fourth-order valence-corrected chi connectivity index (χ4v) is 6.40. The van der Waals surface area contributed by atoms with E-state index in [1.807, 2.05) is 42.6 Å². The Bertz CT molecular complexity index is 1170. The summed E-state index contributed by atoms with van der Waals surface area (Å²) < 4.78 is 5.42. The van der Waals surface area contributed by atoms with E-state index >= 15 is 0 Å². The number of imide groups is 1. The van der Waals surface area contributed by atoms with Crippen molar-refractivity contribution in [1.29, 1.82) is 0 Å². The molecule has 1 aliphatic heterocycles. The first kappa shape index (κ1) is 27.3. The highest BCUT2D eigenvalue weighted by molar-refractivity contribution is 7.09. The zero-order valence-corrected chi connectivity index (χ0v) is 22.1. The summed E-state index contributed by atoms with van der Waals surface area (Å²) in [6.07, 6.45) is 3.11. The van der Waals surface area contributed by atoms with Crippen LogP contribution in [0.15, 0.2) is 58.5 Å². The van der Waals surface area contributed by atoms with Crippen LogP contribution in [0.3, 0.4) is 0 Å². The summed E-state index contributed by atoms with van der Waals surface area (Å²) in [7, 11) is 1.56. The van der Waals surface area contributed by atoms with Crippen LogP contribution in [0, 0.1) is 17.8 Å². The molecule has 0 spiro atoms. The van der Waals surface area contributed by atoms with Crippen molar-refractivity contribution in [3.8, 4) is 5.75 Å². The molecule has 0 saturated carbocycles. The molecule has 1 aromatic carbocycles. The van der Waals surface area contributed by atoms with Crippen molar-refractivity contribution >= 4 is 29.2 Å². The zero-order valence-electron chi connectivity index (χ0n) is 21.3. The molecule has 2 aliphatic rings. The van der Waals surface area contributed by atoms with E-state index in [9.17, 15) is 24.9 Å². The van der Waals surface area contributed by atoms with Crippen LogP contribution in [0.2, 0.25) is 0 Å². The van der Waals surface area contributed by atoms with Gasteiger partial charge in [-0.2, -0.15) is 0 Å². The molecule has 2 heterocycles. The molecular formula is C29H35NO6S. The summed E-state index contributed by atoms with van der Waals surface area (Å²) >= 11 is 1.49. The number of aliphatic hydroxyl groups is 2. The molecule has 198 valence electrons. The molecule has 37 heavy (non-hydrogen) atoms. The Balaban J connectivity index is 1.57. The van der Waals surface area contributed by atoms with Crippen LogP contribution in [0.4, 0.5) is 0 Å². The number of aliphatic hydroxyl groups excluding tert-OH is 2. The summed E-state index contributed by atoms with van der Waals surface area (Å²) in [5.74, 6) is -2.19. The highest BCUT2D eigenvalue weighted by Crippen LogP contribution is 2.46. The van der Waals surface area contributed by atoms with Gasteiger partial charge in [-0.1, -0.05) is 42.8 Å². The van der Waals surface area contributed by atoms with Gasteiger partial charge in [0.2, 0.25) is 11.8 Å². The number of thiophene rings is 1. The highest BCUT2D eigenvalue weighted by Gasteiger charge is 2.54. The van der Waals surface area contributed by atoms with Crippen molar-refractivity contribution in [1.82, 2.24) is 4.90 Å². The summed E-state index contributed by atoms with van der Waals surface area (Å²) in [5.41, 5.74) is 3.21. The second-order valence-corrected chi connectivity index (χ2v) is 10.8. The third kappa shape index (κ3) is 5.72. The van der Waals surface area contributed by atoms with Crippen molar-refractivity contribution in [2.75, 3.05) is 20.3 Å². The third-order valence-corrected chi connectivity index (χ3v) is 8.39. The maximum absolute atomic E-state index is 13.5. The number of amides is 2. The van der Waals surface area contributed by atoms with Crippen LogP contribution in [-0.4, -0.2) is 58.5 Å². The Hall–Kier alpha value is -2.78. The number of carbonyl (C=O) groups excluding carboxylic acids is 2. The van der Waals surface area contributed by atoms with E-state index in [1.165, 1.54) is 16.2 Å². The minimum Gasteiger partial charge on any atom is -0.507 e. The lowest BCUT2D eigenvalue weighted by Gasteiger charge is -2.36. The first-order valence-electron chi connectivity index (χ1n) is 12.7. The molecule has 7 nitrogen and oxygen atoms in total. The second kappa shape index (κ2) is 12.2. The van der Waals surface area contributed by atoms with Crippen molar-refractivity contribution in [3.63, 3.8) is 0 Å². The predicted octanol–water partition coefficient (Wildman–Crippen LogP) is 4.14. The van der Waals surface area contributed by atoms with Gasteiger partial charge >= 0.3 is 0 Å². The van der Waals surface area contributed by atoms with E-state index in [0.29, 0.717) is 24.8 Å². The van der Waals surface area contributed by atoms with Gasteiger partial charge in [0.25, 0.3) is 0 Å². The minimum absolute atomic E-state index is 0.203. The Morgan fingerprint density at radius 3 is 2.65 bits per heavy atom. The SMILES string of the molecule is CC/C(=C\c1ccccc1O)CC[C@@H](O)C1=C(COC)C[C@H]2C(=O)N(Cc3cccs3)C(=O)[C@H]2[C@H]1CO. The van der Waals surface area contributed by atoms with E-state index in [-0.39, 0.29) is 37.3 Å². The number of para-hydroxylation sites is 1. The number of aromatic hydroxyl groups is 1. The lowest BCUT2D eigenvalue weighted by atomic mass is 9.68. The number of hydrogen-bond donors (Lipinski definition) is 3. The molecule has 2 amide bonds. The number of phenolic OH excluding ortho intramolecular Hbond substituents is 1. The first-order chi connectivity index (χ1) is 17.9. The molecule has 0 radical (unpaired) electrons. The Labute approximate surface area is 221 Å². The van der Waals surface area contributed by atoms with E-state index in [1.54, 1.807) is 19.2 Å². The lowest BCUT2D eigenvalue weighted by molar-refractivity contribution is -0.140. The van der Waals surface area contributed by atoms with Crippen molar-refractivity contribution < 1.29 is 29.6 Å². The van der Waals surface area contributed by atoms with Gasteiger partial charge in [0.15, 0.2) is 0 Å². The molecule has 4 atom stereocenters. The number of phenols is 1. The Morgan fingerprint density at radius 2 is 2.00 bits per heavy atom. The number of ether oxygens (including phenoxy) is 1. The van der Waals surface area contributed by atoms with Crippen LogP contribution in [0.5, 0.6) is 5.75 Å². The monoisotopic (exact) mass is 525 g/mol. The van der Waals surface area contributed by atoms with Gasteiger partial charge in [-0.05, 0) is 54.3 Å². The van der Waals surface area contributed by atoms with Gasteiger partial charge in [0.1, 0.15) is 5.75 Å². The van der Waals surface area contributed by atoms with Crippen LogP contribution in [0.1, 0.15) is 43.0 Å². The number of allylic oxidation sites excluding steroid dienone is 1. The number of hydrogen-bond acceptors (Lipinski definition) is 7. The summed E-state index contributed by atoms with van der Waals surface area (Å²) in [6.45, 7) is 2.16. The van der Waals surface area contributed by atoms with Crippen molar-refractivity contribution in [2.24, 2.45) is 17.8 Å². The zero-order chi connectivity index (χ0) is 26.5. The largest absolute Gasteiger partial charge is 0.507 e. The number of nitrogens with zero attached hydrogens (tertiary/aromatic N) is 1. The number of carbonyl (C=O) groups is 2. The van der Waals surface area contributed by atoms with E-state index < -0.39 is 23.9 Å². The molecule has 1 aliphatic carbocycles. The fourth-order valence-electron chi connectivity index (χ4n) is 5.70. The second-order valence-electron chi connectivity index (χ2n) is 9.73. The van der Waals surface area contributed by atoms with Gasteiger partial charge < -0.3 is 20.1 Å². The number of benzene rings is 1. The predicted molar refractivity (Wildman–Crippen MR) is 143 cm³/mol. The first-order valence-corrected chi connectivity index (χ1v) is 13.6. The molecular weight excluding hydrogens is 490 g/mol. The molecule has 0 unspecified atom stereocenters. The summed E-state index contributed by atoms with van der Waals surface area (Å²) in [6, 6.07) is 10.9. The maximum atomic E-state index is 13.5. The van der Waals surface area contributed by atoms with Crippen LogP contribution < -0.4 is 0 Å². The van der Waals surface area contributed by atoms with Gasteiger partial charge in [-0.15, -0.1) is 11.3 Å². The van der Waals surface area contributed by atoms with Crippen LogP contribution >= 0.6 is 11.3 Å². The Morgan fingerprint density at radius 1 is 1.22 bits per heavy atom. The third-order valence-electron chi connectivity index (χ3n) is 7.53. The number of likely N-dealkylation sites (tertiary alicyclic amines) is 1. The van der Waals surface area contributed by atoms with E-state index in [4.69, 9.17) is 4.74 Å². The normalized spacial score (nSPS) is 23.1. The maximum Gasteiger partial charge on any atom is 0.234 e. The summed E-state index contributed by atoms with van der Waals surface area (Å²) in [4.78, 5) is 29.0. The quantitative estimate of drug-likeness (QED) is 0.301. The molecule has 1 aromatic heterocycles. The molecule has 2 aromatic rings.